The molecule has 0 aromatic heterocycles. The lowest BCUT2D eigenvalue weighted by molar-refractivity contribution is 0.252. The molecular weight excluding hydrogens is 340 g/mol. The predicted octanol–water partition coefficient (Wildman–Crippen LogP) is 2.95. The van der Waals surface area contributed by atoms with Gasteiger partial charge in [0.15, 0.2) is 0 Å². The van der Waals surface area contributed by atoms with Crippen molar-refractivity contribution < 1.29 is 17.8 Å². The molecule has 2 aromatic rings. The van der Waals surface area contributed by atoms with E-state index < -0.39 is 16.1 Å². The van der Waals surface area contributed by atoms with E-state index in [2.05, 4.69) is 10.6 Å². The van der Waals surface area contributed by atoms with Gasteiger partial charge in [-0.2, -0.15) is 8.42 Å². The van der Waals surface area contributed by atoms with E-state index in [0.29, 0.717) is 18.0 Å². The third-order valence-electron chi connectivity index (χ3n) is 2.98. The molecule has 2 amide bonds. The Balaban J connectivity index is 1.88. The van der Waals surface area contributed by atoms with Gasteiger partial charge in [-0.05, 0) is 42.3 Å². The molecule has 2 aromatic carbocycles. The Hall–Kier alpha value is -2.09. The molecule has 0 aliphatic carbocycles. The molecule has 0 saturated heterocycles. The van der Waals surface area contributed by atoms with Crippen LogP contribution >= 0.6 is 11.6 Å². The summed E-state index contributed by atoms with van der Waals surface area (Å²) in [4.78, 5) is 11.5. The van der Waals surface area contributed by atoms with Crippen LogP contribution in [0.4, 0.5) is 10.5 Å². The molecule has 0 atom stereocenters. The van der Waals surface area contributed by atoms with Gasteiger partial charge in [0.2, 0.25) is 0 Å². The van der Waals surface area contributed by atoms with E-state index in [1.54, 1.807) is 6.07 Å². The zero-order valence-electron chi connectivity index (χ0n) is 12.0. The molecule has 0 aliphatic rings. The number of carbonyl (C=O) groups is 1. The highest BCUT2D eigenvalue weighted by molar-refractivity contribution is 7.85. The summed E-state index contributed by atoms with van der Waals surface area (Å²) in [6.45, 7) is 0.393. The fourth-order valence-corrected chi connectivity index (χ4v) is 2.66. The molecule has 0 saturated carbocycles. The Morgan fingerprint density at radius 1 is 1.13 bits per heavy atom. The van der Waals surface area contributed by atoms with Crippen LogP contribution in [-0.2, 0) is 16.5 Å². The molecule has 122 valence electrons. The third kappa shape index (κ3) is 5.55. The summed E-state index contributed by atoms with van der Waals surface area (Å²) in [6.07, 6.45) is 0.610. The molecule has 2 rings (SSSR count). The van der Waals surface area contributed by atoms with Crippen LogP contribution in [-0.4, -0.2) is 25.5 Å². The Morgan fingerprint density at radius 2 is 1.87 bits per heavy atom. The van der Waals surface area contributed by atoms with Crippen LogP contribution < -0.4 is 10.6 Å². The summed E-state index contributed by atoms with van der Waals surface area (Å²) in [5.74, 6) is 0. The highest BCUT2D eigenvalue weighted by atomic mass is 35.5. The monoisotopic (exact) mass is 354 g/mol. The molecule has 0 spiro atoms. The molecule has 0 radical (unpaired) electrons. The molecule has 0 bridgehead atoms. The van der Waals surface area contributed by atoms with Crippen molar-refractivity contribution in [2.75, 3.05) is 11.9 Å². The molecular formula is C15H15ClN2O4S. The molecule has 6 nitrogen and oxygen atoms in total. The van der Waals surface area contributed by atoms with Crippen molar-refractivity contribution in [2.24, 2.45) is 0 Å². The first-order valence-corrected chi connectivity index (χ1v) is 8.53. The van der Waals surface area contributed by atoms with Crippen LogP contribution in [0.2, 0.25) is 5.02 Å². The molecule has 0 aliphatic heterocycles. The van der Waals surface area contributed by atoms with Crippen LogP contribution in [0.5, 0.6) is 0 Å². The second kappa shape index (κ2) is 7.45. The Morgan fingerprint density at radius 3 is 2.57 bits per heavy atom. The standard InChI is InChI=1S/C15H15ClN2O4S/c16-12-4-1-3-11(9-12)7-8-17-15(19)18-13-5-2-6-14(10-13)23(20,21)22/h1-6,9-10H,7-8H2,(H2,17,18,19)(H,20,21,22). The molecule has 0 heterocycles. The fraction of sp³-hybridized carbons (Fsp3) is 0.133. The highest BCUT2D eigenvalue weighted by Crippen LogP contribution is 2.15. The summed E-state index contributed by atoms with van der Waals surface area (Å²) >= 11 is 5.88. The molecule has 0 unspecified atom stereocenters. The molecule has 0 fully saturated rings. The van der Waals surface area contributed by atoms with Gasteiger partial charge in [0, 0.05) is 17.3 Å². The zero-order valence-corrected chi connectivity index (χ0v) is 13.6. The lowest BCUT2D eigenvalue weighted by Gasteiger charge is -2.08. The summed E-state index contributed by atoms with van der Waals surface area (Å²) in [7, 11) is -4.30. The number of amides is 2. The second-order valence-corrected chi connectivity index (χ2v) is 6.62. The topological polar surface area (TPSA) is 95.5 Å². The molecule has 3 N–H and O–H groups in total. The van der Waals surface area contributed by atoms with Crippen LogP contribution in [0, 0.1) is 0 Å². The largest absolute Gasteiger partial charge is 0.338 e. The maximum atomic E-state index is 11.8. The van der Waals surface area contributed by atoms with Gasteiger partial charge in [0.25, 0.3) is 10.1 Å². The van der Waals surface area contributed by atoms with E-state index in [-0.39, 0.29) is 10.6 Å². The van der Waals surface area contributed by atoms with E-state index >= 15 is 0 Å². The van der Waals surface area contributed by atoms with E-state index in [4.69, 9.17) is 16.2 Å². The van der Waals surface area contributed by atoms with Crippen LogP contribution in [0.15, 0.2) is 53.4 Å². The number of rotatable bonds is 5. The summed E-state index contributed by atoms with van der Waals surface area (Å²) in [5, 5.41) is 5.79. The first-order valence-electron chi connectivity index (χ1n) is 6.71. The van der Waals surface area contributed by atoms with Gasteiger partial charge in [0.05, 0.1) is 4.90 Å². The van der Waals surface area contributed by atoms with Gasteiger partial charge in [-0.15, -0.1) is 0 Å². The number of nitrogens with one attached hydrogen (secondary N) is 2. The quantitative estimate of drug-likeness (QED) is 0.719. The van der Waals surface area contributed by atoms with Gasteiger partial charge in [-0.1, -0.05) is 29.8 Å². The van der Waals surface area contributed by atoms with Crippen LogP contribution in [0.25, 0.3) is 0 Å². The van der Waals surface area contributed by atoms with Gasteiger partial charge < -0.3 is 10.6 Å². The SMILES string of the molecule is O=C(NCCc1cccc(Cl)c1)Nc1cccc(S(=O)(=O)O)c1. The van der Waals surface area contributed by atoms with E-state index in [1.807, 2.05) is 18.2 Å². The lowest BCUT2D eigenvalue weighted by Crippen LogP contribution is -2.30. The Kier molecular flexibility index (Phi) is 5.59. The third-order valence-corrected chi connectivity index (χ3v) is 4.06. The zero-order chi connectivity index (χ0) is 16.9. The number of urea groups is 1. The van der Waals surface area contributed by atoms with E-state index in [9.17, 15) is 13.2 Å². The minimum Gasteiger partial charge on any atom is -0.338 e. The lowest BCUT2D eigenvalue weighted by atomic mass is 10.1. The normalized spacial score (nSPS) is 11.0. The van der Waals surface area contributed by atoms with Crippen molar-refractivity contribution in [3.63, 3.8) is 0 Å². The Bertz CT molecular complexity index is 809. The summed E-state index contributed by atoms with van der Waals surface area (Å²) < 4.78 is 31.1. The minimum atomic E-state index is -4.30. The van der Waals surface area contributed by atoms with Gasteiger partial charge in [-0.25, -0.2) is 4.79 Å². The van der Waals surface area contributed by atoms with Crippen molar-refractivity contribution in [2.45, 2.75) is 11.3 Å². The van der Waals surface area contributed by atoms with Gasteiger partial charge in [0.1, 0.15) is 0 Å². The number of hydrogen-bond donors (Lipinski definition) is 3. The maximum Gasteiger partial charge on any atom is 0.319 e. The average Bonchev–Trinajstić information content (AvgIpc) is 2.46. The number of halogens is 1. The van der Waals surface area contributed by atoms with Gasteiger partial charge in [-0.3, -0.25) is 4.55 Å². The van der Waals surface area contributed by atoms with Crippen molar-refractivity contribution in [1.29, 1.82) is 0 Å². The summed E-state index contributed by atoms with van der Waals surface area (Å²) in [6, 6.07) is 12.2. The maximum absolute atomic E-state index is 11.8. The van der Waals surface area contributed by atoms with E-state index in [1.165, 1.54) is 24.3 Å². The van der Waals surface area contributed by atoms with Crippen molar-refractivity contribution in [3.8, 4) is 0 Å². The van der Waals surface area contributed by atoms with Crippen LogP contribution in [0.1, 0.15) is 5.56 Å². The highest BCUT2D eigenvalue weighted by Gasteiger charge is 2.10. The summed E-state index contributed by atoms with van der Waals surface area (Å²) in [5.41, 5.74) is 1.26. The fourth-order valence-electron chi connectivity index (χ4n) is 1.92. The first-order chi connectivity index (χ1) is 10.8. The van der Waals surface area contributed by atoms with Crippen LogP contribution in [0.3, 0.4) is 0 Å². The minimum absolute atomic E-state index is 0.264. The predicted molar refractivity (Wildman–Crippen MR) is 88.4 cm³/mol. The van der Waals surface area contributed by atoms with E-state index in [0.717, 1.165) is 5.56 Å². The molecule has 23 heavy (non-hydrogen) atoms. The second-order valence-electron chi connectivity index (χ2n) is 4.76. The Labute approximate surface area is 139 Å². The number of benzene rings is 2. The average molecular weight is 355 g/mol. The number of hydrogen-bond acceptors (Lipinski definition) is 3. The molecule has 8 heteroatoms. The smallest absolute Gasteiger partial charge is 0.319 e. The van der Waals surface area contributed by atoms with Crippen molar-refractivity contribution in [3.05, 3.63) is 59.1 Å². The first kappa shape index (κ1) is 17.3. The van der Waals surface area contributed by atoms with Crippen molar-refractivity contribution >= 4 is 33.4 Å². The number of anilines is 1. The van der Waals surface area contributed by atoms with Crippen molar-refractivity contribution in [1.82, 2.24) is 5.32 Å². The number of carbonyl (C=O) groups excluding carboxylic acids is 1. The van der Waals surface area contributed by atoms with Gasteiger partial charge >= 0.3 is 6.03 Å².